The maximum absolute atomic E-state index is 9.87. The van der Waals surface area contributed by atoms with Gasteiger partial charge >= 0.3 is 0 Å². The minimum Gasteiger partial charge on any atom is -0.465 e. The summed E-state index contributed by atoms with van der Waals surface area (Å²) in [6.07, 6.45) is 0. The molecular weight excluding hydrogens is 336 g/mol. The summed E-state index contributed by atoms with van der Waals surface area (Å²) in [6, 6.07) is 0. The topological polar surface area (TPSA) is 90.9 Å². The molecule has 0 spiro atoms. The Morgan fingerprint density at radius 1 is 0.480 bits per heavy atom. The Morgan fingerprint density at radius 2 is 0.760 bits per heavy atom. The van der Waals surface area contributed by atoms with E-state index in [-0.39, 0.29) is 6.61 Å². The lowest BCUT2D eigenvalue weighted by atomic mass is 10.6. The number of rotatable bonds is 22. The van der Waals surface area contributed by atoms with Gasteiger partial charge in [-0.25, -0.2) is 0 Å². The van der Waals surface area contributed by atoms with E-state index in [1.54, 1.807) is 7.11 Å². The van der Waals surface area contributed by atoms with Crippen LogP contribution in [0.1, 0.15) is 0 Å². The summed E-state index contributed by atoms with van der Waals surface area (Å²) < 4.78 is 41.1. The monoisotopic (exact) mass is 368 g/mol. The fraction of sp³-hybridized carbons (Fsp3) is 0.938. The van der Waals surface area contributed by atoms with Crippen molar-refractivity contribution in [2.75, 3.05) is 99.6 Å². The van der Waals surface area contributed by atoms with Gasteiger partial charge in [-0.05, 0) is 0 Å². The number of hydrogen-bond acceptors (Lipinski definition) is 9. The van der Waals surface area contributed by atoms with Crippen LogP contribution in [0.15, 0.2) is 0 Å². The summed E-state index contributed by atoms with van der Waals surface area (Å²) in [5.74, 6) is 0. The van der Waals surface area contributed by atoms with Gasteiger partial charge in [0.25, 0.3) is 6.47 Å². The summed E-state index contributed by atoms with van der Waals surface area (Å²) in [5, 5.41) is 0. The maximum Gasteiger partial charge on any atom is 0.293 e. The lowest BCUT2D eigenvalue weighted by Crippen LogP contribution is -2.14. The van der Waals surface area contributed by atoms with E-state index >= 15 is 0 Å². The second-order valence-electron chi connectivity index (χ2n) is 4.63. The van der Waals surface area contributed by atoms with E-state index in [9.17, 15) is 4.79 Å². The highest BCUT2D eigenvalue weighted by molar-refractivity contribution is 5.36. The Morgan fingerprint density at radius 3 is 1.04 bits per heavy atom. The molecule has 0 aliphatic rings. The molecule has 0 amide bonds. The van der Waals surface area contributed by atoms with Crippen molar-refractivity contribution in [1.82, 2.24) is 0 Å². The predicted molar refractivity (Wildman–Crippen MR) is 88.8 cm³/mol. The Kier molecular flexibility index (Phi) is 22.4. The van der Waals surface area contributed by atoms with Gasteiger partial charge in [0.05, 0.1) is 85.9 Å². The van der Waals surface area contributed by atoms with E-state index in [2.05, 4.69) is 4.74 Å². The Hall–Kier alpha value is -0.810. The molecule has 0 atom stereocenters. The molecule has 9 nitrogen and oxygen atoms in total. The van der Waals surface area contributed by atoms with E-state index in [0.29, 0.717) is 92.4 Å². The molecule has 25 heavy (non-hydrogen) atoms. The van der Waals surface area contributed by atoms with Gasteiger partial charge in [-0.3, -0.25) is 4.79 Å². The van der Waals surface area contributed by atoms with Crippen molar-refractivity contribution in [3.63, 3.8) is 0 Å². The van der Waals surface area contributed by atoms with E-state index in [1.165, 1.54) is 0 Å². The summed E-state index contributed by atoms with van der Waals surface area (Å²) >= 11 is 0. The normalized spacial score (nSPS) is 10.9. The van der Waals surface area contributed by atoms with Crippen molar-refractivity contribution < 1.29 is 42.7 Å². The van der Waals surface area contributed by atoms with Gasteiger partial charge in [-0.2, -0.15) is 0 Å². The Bertz CT molecular complexity index is 254. The first kappa shape index (κ1) is 24.2. The van der Waals surface area contributed by atoms with Gasteiger partial charge in [0.15, 0.2) is 0 Å². The molecule has 0 radical (unpaired) electrons. The largest absolute Gasteiger partial charge is 0.465 e. The number of carbonyl (C=O) groups is 1. The highest BCUT2D eigenvalue weighted by Gasteiger charge is 1.94. The van der Waals surface area contributed by atoms with Crippen LogP contribution < -0.4 is 0 Å². The van der Waals surface area contributed by atoms with E-state index in [4.69, 9.17) is 33.2 Å². The molecular formula is C16H32O9. The van der Waals surface area contributed by atoms with E-state index in [1.807, 2.05) is 0 Å². The summed E-state index contributed by atoms with van der Waals surface area (Å²) in [7, 11) is 1.64. The molecule has 0 rings (SSSR count). The van der Waals surface area contributed by atoms with Crippen LogP contribution in [0, 0.1) is 0 Å². The predicted octanol–water partition coefficient (Wildman–Crippen LogP) is -0.0946. The van der Waals surface area contributed by atoms with Gasteiger partial charge in [-0.1, -0.05) is 0 Å². The average molecular weight is 368 g/mol. The van der Waals surface area contributed by atoms with Crippen LogP contribution in [0.25, 0.3) is 0 Å². The van der Waals surface area contributed by atoms with Gasteiger partial charge in [-0.15, -0.1) is 0 Å². The summed E-state index contributed by atoms with van der Waals surface area (Å²) in [4.78, 5) is 9.87. The molecule has 0 bridgehead atoms. The number of methoxy groups -OCH3 is 1. The molecule has 0 unspecified atom stereocenters. The number of carbonyl (C=O) groups excluding carboxylic acids is 1. The van der Waals surface area contributed by atoms with Crippen LogP contribution in [0.4, 0.5) is 0 Å². The molecule has 0 fully saturated rings. The zero-order chi connectivity index (χ0) is 18.3. The zero-order valence-corrected chi connectivity index (χ0v) is 15.2. The highest BCUT2D eigenvalue weighted by Crippen LogP contribution is 1.85. The second kappa shape index (κ2) is 23.2. The van der Waals surface area contributed by atoms with Crippen LogP contribution in [0.5, 0.6) is 0 Å². The van der Waals surface area contributed by atoms with Crippen molar-refractivity contribution in [2.24, 2.45) is 0 Å². The van der Waals surface area contributed by atoms with Gasteiger partial charge < -0.3 is 37.9 Å². The number of ether oxygens (including phenoxy) is 8. The quantitative estimate of drug-likeness (QED) is 0.192. The first-order valence-corrected chi connectivity index (χ1v) is 8.42. The van der Waals surface area contributed by atoms with Gasteiger partial charge in [0.2, 0.25) is 0 Å². The average Bonchev–Trinajstić information content (AvgIpc) is 2.63. The van der Waals surface area contributed by atoms with Crippen LogP contribution in [0.3, 0.4) is 0 Å². The molecule has 0 N–H and O–H groups in total. The molecule has 0 aliphatic carbocycles. The lowest BCUT2D eigenvalue weighted by Gasteiger charge is -2.08. The van der Waals surface area contributed by atoms with Crippen molar-refractivity contribution in [2.45, 2.75) is 0 Å². The van der Waals surface area contributed by atoms with Crippen LogP contribution >= 0.6 is 0 Å². The molecule has 0 aromatic carbocycles. The maximum atomic E-state index is 9.87. The molecule has 0 heterocycles. The minimum absolute atomic E-state index is 0.264. The number of hydrogen-bond donors (Lipinski definition) is 0. The lowest BCUT2D eigenvalue weighted by molar-refractivity contribution is -0.130. The van der Waals surface area contributed by atoms with Crippen LogP contribution in [0.2, 0.25) is 0 Å². The minimum atomic E-state index is 0.264. The standard InChI is InChI=1S/C16H32O9/c1-18-2-3-19-4-5-20-6-7-21-8-9-22-10-11-23-12-13-24-14-15-25-16-17/h16H,2-15H2,1H3. The van der Waals surface area contributed by atoms with Crippen molar-refractivity contribution in [3.05, 3.63) is 0 Å². The van der Waals surface area contributed by atoms with Crippen LogP contribution in [-0.2, 0) is 42.7 Å². The second-order valence-corrected chi connectivity index (χ2v) is 4.63. The SMILES string of the molecule is COCCOCCOCCOCCOCCOCCOCCOC=O. The highest BCUT2D eigenvalue weighted by atomic mass is 16.6. The van der Waals surface area contributed by atoms with Crippen molar-refractivity contribution >= 4 is 6.47 Å². The van der Waals surface area contributed by atoms with Crippen molar-refractivity contribution in [3.8, 4) is 0 Å². The molecule has 0 aromatic heterocycles. The molecule has 0 aromatic rings. The molecule has 9 heteroatoms. The first-order valence-electron chi connectivity index (χ1n) is 8.42. The third-order valence-corrected chi connectivity index (χ3v) is 2.71. The van der Waals surface area contributed by atoms with Crippen molar-refractivity contribution in [1.29, 1.82) is 0 Å². The van der Waals surface area contributed by atoms with Crippen LogP contribution in [-0.4, -0.2) is 106 Å². The first-order chi connectivity index (χ1) is 12.4. The smallest absolute Gasteiger partial charge is 0.293 e. The molecule has 0 saturated carbocycles. The fourth-order valence-electron chi connectivity index (χ4n) is 1.50. The summed E-state index contributed by atoms with van der Waals surface area (Å²) in [6.45, 7) is 7.38. The Labute approximate surface area is 149 Å². The third kappa shape index (κ3) is 23.2. The van der Waals surface area contributed by atoms with Gasteiger partial charge in [0.1, 0.15) is 6.61 Å². The molecule has 0 aliphatic heterocycles. The summed E-state index contributed by atoms with van der Waals surface area (Å²) in [5.41, 5.74) is 0. The molecule has 0 saturated heterocycles. The van der Waals surface area contributed by atoms with Gasteiger partial charge in [0, 0.05) is 7.11 Å². The zero-order valence-electron chi connectivity index (χ0n) is 15.2. The molecule has 150 valence electrons. The van der Waals surface area contributed by atoms with E-state index < -0.39 is 0 Å². The fourth-order valence-corrected chi connectivity index (χ4v) is 1.50. The Balaban J connectivity index is 2.95. The van der Waals surface area contributed by atoms with E-state index in [0.717, 1.165) is 0 Å². The third-order valence-electron chi connectivity index (χ3n) is 2.71.